The number of nitrogens with one attached hydrogen (secondary N) is 1. The zero-order chi connectivity index (χ0) is 13.7. The summed E-state index contributed by atoms with van der Waals surface area (Å²) < 4.78 is 5.57. The first-order valence-electron chi connectivity index (χ1n) is 6.49. The molecule has 1 aliphatic rings. The Labute approximate surface area is 112 Å². The zero-order valence-corrected chi connectivity index (χ0v) is 10.8. The second kappa shape index (κ2) is 6.33. The molecule has 5 nitrogen and oxygen atoms in total. The molecule has 0 aromatic heterocycles. The lowest BCUT2D eigenvalue weighted by molar-refractivity contribution is -0.121. The largest absolute Gasteiger partial charge is 0.494 e. The standard InChI is InChI=1S/C14H18N2O3/c15-16-14(18)5-2-8-19-11-6-7-12-10(9-11)3-1-4-13(12)17/h6-7,9H,1-5,8,15H2,(H,16,18). The molecule has 0 aliphatic heterocycles. The third-order valence-electron chi connectivity index (χ3n) is 3.20. The van der Waals surface area contributed by atoms with Crippen LogP contribution in [-0.4, -0.2) is 18.3 Å². The molecule has 0 bridgehead atoms. The molecule has 1 aromatic rings. The number of nitrogens with two attached hydrogens (primary N) is 1. The van der Waals surface area contributed by atoms with Gasteiger partial charge < -0.3 is 4.74 Å². The second-order valence-corrected chi connectivity index (χ2v) is 4.62. The van der Waals surface area contributed by atoms with Crippen molar-refractivity contribution in [2.75, 3.05) is 6.61 Å². The van der Waals surface area contributed by atoms with Crippen LogP contribution in [0.4, 0.5) is 0 Å². The van der Waals surface area contributed by atoms with E-state index in [1.165, 1.54) is 0 Å². The Kier molecular flexibility index (Phi) is 4.52. The molecule has 0 radical (unpaired) electrons. The maximum absolute atomic E-state index is 11.7. The maximum Gasteiger partial charge on any atom is 0.234 e. The number of rotatable bonds is 5. The van der Waals surface area contributed by atoms with Crippen molar-refractivity contribution >= 4 is 11.7 Å². The van der Waals surface area contributed by atoms with Crippen LogP contribution in [-0.2, 0) is 11.2 Å². The van der Waals surface area contributed by atoms with Gasteiger partial charge in [0, 0.05) is 18.4 Å². The van der Waals surface area contributed by atoms with Crippen molar-refractivity contribution in [3.8, 4) is 5.75 Å². The van der Waals surface area contributed by atoms with Gasteiger partial charge in [0.05, 0.1) is 6.61 Å². The summed E-state index contributed by atoms with van der Waals surface area (Å²) in [7, 11) is 0. The van der Waals surface area contributed by atoms with Gasteiger partial charge in [0.1, 0.15) is 5.75 Å². The summed E-state index contributed by atoms with van der Waals surface area (Å²) in [4.78, 5) is 22.6. The van der Waals surface area contributed by atoms with Crippen LogP contribution in [0.2, 0.25) is 0 Å². The normalized spacial score (nSPS) is 13.8. The fraction of sp³-hybridized carbons (Fsp3) is 0.429. The minimum Gasteiger partial charge on any atom is -0.494 e. The lowest BCUT2D eigenvalue weighted by Gasteiger charge is -2.15. The first-order valence-corrected chi connectivity index (χ1v) is 6.49. The first kappa shape index (κ1) is 13.5. The number of ether oxygens (including phenoxy) is 1. The summed E-state index contributed by atoms with van der Waals surface area (Å²) in [5.41, 5.74) is 3.96. The van der Waals surface area contributed by atoms with Gasteiger partial charge in [-0.05, 0) is 43.0 Å². The lowest BCUT2D eigenvalue weighted by atomic mass is 9.90. The van der Waals surface area contributed by atoms with Gasteiger partial charge in [-0.3, -0.25) is 15.0 Å². The van der Waals surface area contributed by atoms with Gasteiger partial charge in [-0.2, -0.15) is 0 Å². The number of carbonyl (C=O) groups is 2. The quantitative estimate of drug-likeness (QED) is 0.363. The van der Waals surface area contributed by atoms with E-state index in [0.717, 1.165) is 29.7 Å². The van der Waals surface area contributed by atoms with E-state index in [4.69, 9.17) is 10.6 Å². The Bertz CT molecular complexity index is 486. The van der Waals surface area contributed by atoms with E-state index in [0.29, 0.717) is 25.9 Å². The molecule has 1 amide bonds. The van der Waals surface area contributed by atoms with Crippen LogP contribution < -0.4 is 16.0 Å². The van der Waals surface area contributed by atoms with E-state index in [9.17, 15) is 9.59 Å². The van der Waals surface area contributed by atoms with Gasteiger partial charge in [-0.25, -0.2) is 5.84 Å². The zero-order valence-electron chi connectivity index (χ0n) is 10.8. The van der Waals surface area contributed by atoms with E-state index in [1.54, 1.807) is 0 Å². The molecule has 2 rings (SSSR count). The molecule has 0 saturated heterocycles. The average Bonchev–Trinajstić information content (AvgIpc) is 2.43. The first-order chi connectivity index (χ1) is 9.20. The van der Waals surface area contributed by atoms with Crippen molar-refractivity contribution in [1.82, 2.24) is 5.43 Å². The molecule has 3 N–H and O–H groups in total. The summed E-state index contributed by atoms with van der Waals surface area (Å²) in [6.07, 6.45) is 3.43. The van der Waals surface area contributed by atoms with Crippen LogP contribution in [0.15, 0.2) is 18.2 Å². The summed E-state index contributed by atoms with van der Waals surface area (Å²) >= 11 is 0. The molecule has 1 aliphatic carbocycles. The predicted molar refractivity (Wildman–Crippen MR) is 70.8 cm³/mol. The van der Waals surface area contributed by atoms with Crippen LogP contribution in [0, 0.1) is 0 Å². The van der Waals surface area contributed by atoms with E-state index in [2.05, 4.69) is 5.43 Å². The average molecular weight is 262 g/mol. The Morgan fingerprint density at radius 3 is 3.00 bits per heavy atom. The number of hydrogen-bond acceptors (Lipinski definition) is 4. The van der Waals surface area contributed by atoms with Crippen LogP contribution >= 0.6 is 0 Å². The Morgan fingerprint density at radius 1 is 1.37 bits per heavy atom. The van der Waals surface area contributed by atoms with Crippen LogP contribution in [0.5, 0.6) is 5.75 Å². The number of Topliss-reactive ketones (excluding diaryl/α,β-unsaturated/α-hetero) is 1. The Morgan fingerprint density at radius 2 is 2.21 bits per heavy atom. The van der Waals surface area contributed by atoms with Crippen molar-refractivity contribution in [3.05, 3.63) is 29.3 Å². The number of carbonyl (C=O) groups excluding carboxylic acids is 2. The van der Waals surface area contributed by atoms with Gasteiger partial charge in [0.25, 0.3) is 0 Å². The summed E-state index contributed by atoms with van der Waals surface area (Å²) in [6.45, 7) is 0.458. The molecule has 0 fully saturated rings. The summed E-state index contributed by atoms with van der Waals surface area (Å²) in [6, 6.07) is 5.57. The highest BCUT2D eigenvalue weighted by Gasteiger charge is 2.17. The van der Waals surface area contributed by atoms with Crippen LogP contribution in [0.3, 0.4) is 0 Å². The number of hydrazine groups is 1. The van der Waals surface area contributed by atoms with Crippen molar-refractivity contribution in [2.45, 2.75) is 32.1 Å². The molecular weight excluding hydrogens is 244 g/mol. The van der Waals surface area contributed by atoms with Crippen molar-refractivity contribution in [2.24, 2.45) is 5.84 Å². The smallest absolute Gasteiger partial charge is 0.234 e. The third kappa shape index (κ3) is 3.54. The fourth-order valence-corrected chi connectivity index (χ4v) is 2.21. The minimum atomic E-state index is -0.195. The Hall–Kier alpha value is -1.88. The van der Waals surface area contributed by atoms with Crippen molar-refractivity contribution in [1.29, 1.82) is 0 Å². The molecule has 19 heavy (non-hydrogen) atoms. The van der Waals surface area contributed by atoms with E-state index >= 15 is 0 Å². The Balaban J connectivity index is 1.88. The van der Waals surface area contributed by atoms with Gasteiger partial charge >= 0.3 is 0 Å². The highest BCUT2D eigenvalue weighted by atomic mass is 16.5. The van der Waals surface area contributed by atoms with Crippen molar-refractivity contribution in [3.63, 3.8) is 0 Å². The van der Waals surface area contributed by atoms with Crippen molar-refractivity contribution < 1.29 is 14.3 Å². The highest BCUT2D eigenvalue weighted by molar-refractivity contribution is 5.98. The maximum atomic E-state index is 11.7. The number of hydrogen-bond donors (Lipinski definition) is 2. The summed E-state index contributed by atoms with van der Waals surface area (Å²) in [5.74, 6) is 5.75. The number of fused-ring (bicyclic) bond motifs is 1. The SMILES string of the molecule is NNC(=O)CCCOc1ccc2c(c1)CCCC2=O. The molecule has 0 atom stereocenters. The van der Waals surface area contributed by atoms with Gasteiger partial charge in [-0.15, -0.1) is 0 Å². The molecule has 0 saturated carbocycles. The number of amides is 1. The molecule has 5 heteroatoms. The van der Waals surface area contributed by atoms with Crippen LogP contribution in [0.25, 0.3) is 0 Å². The van der Waals surface area contributed by atoms with Crippen LogP contribution in [0.1, 0.15) is 41.6 Å². The highest BCUT2D eigenvalue weighted by Crippen LogP contribution is 2.25. The second-order valence-electron chi connectivity index (χ2n) is 4.62. The number of aryl methyl sites for hydroxylation is 1. The van der Waals surface area contributed by atoms with E-state index in [-0.39, 0.29) is 11.7 Å². The molecule has 1 aromatic carbocycles. The lowest BCUT2D eigenvalue weighted by Crippen LogP contribution is -2.29. The van der Waals surface area contributed by atoms with Gasteiger partial charge in [0.2, 0.25) is 5.91 Å². The van der Waals surface area contributed by atoms with Gasteiger partial charge in [-0.1, -0.05) is 0 Å². The van der Waals surface area contributed by atoms with E-state index in [1.807, 2.05) is 18.2 Å². The molecular formula is C14H18N2O3. The fourth-order valence-electron chi connectivity index (χ4n) is 2.21. The minimum absolute atomic E-state index is 0.195. The molecule has 0 spiro atoms. The van der Waals surface area contributed by atoms with Gasteiger partial charge in [0.15, 0.2) is 5.78 Å². The number of benzene rings is 1. The monoisotopic (exact) mass is 262 g/mol. The molecule has 102 valence electrons. The summed E-state index contributed by atoms with van der Waals surface area (Å²) in [5, 5.41) is 0. The topological polar surface area (TPSA) is 81.4 Å². The predicted octanol–water partition coefficient (Wildman–Crippen LogP) is 1.35. The van der Waals surface area contributed by atoms with E-state index < -0.39 is 0 Å². The third-order valence-corrected chi connectivity index (χ3v) is 3.20. The molecule has 0 unspecified atom stereocenters. The molecule has 0 heterocycles. The number of ketones is 1.